The molecule has 1 aromatic carbocycles. The number of nitrogens with one attached hydrogen (secondary N) is 1. The minimum Gasteiger partial charge on any atom is -0.409 e. The van der Waals surface area contributed by atoms with Crippen LogP contribution in [0, 0.1) is 0 Å². The quantitative estimate of drug-likeness (QED) is 0.340. The lowest BCUT2D eigenvalue weighted by Crippen LogP contribution is -2.21. The number of hydrogen-bond donors (Lipinski definition) is 3. The van der Waals surface area contributed by atoms with Gasteiger partial charge in [-0.1, -0.05) is 35.5 Å². The average molecular weight is 275 g/mol. The van der Waals surface area contributed by atoms with Crippen LogP contribution in [-0.2, 0) is 6.54 Å². The summed E-state index contributed by atoms with van der Waals surface area (Å²) in [5.41, 5.74) is 7.45. The molecule has 0 aliphatic heterocycles. The standard InChI is InChI=1S/C14H17N3OS/c1-10(13-7-4-8-19-13)16-9-11-5-2-3-6-12(11)14(15)17-18/h2-8,10,16,18H,9H2,1H3,(H2,15,17). The van der Waals surface area contributed by atoms with Gasteiger partial charge in [-0.15, -0.1) is 11.3 Å². The second-order valence-corrected chi connectivity index (χ2v) is 5.24. The van der Waals surface area contributed by atoms with Crippen molar-refractivity contribution in [2.75, 3.05) is 0 Å². The van der Waals surface area contributed by atoms with E-state index in [0.29, 0.717) is 6.54 Å². The zero-order chi connectivity index (χ0) is 13.7. The molecular weight excluding hydrogens is 258 g/mol. The SMILES string of the molecule is CC(NCc1ccccc1C(N)=NO)c1cccs1. The average Bonchev–Trinajstić information content (AvgIpc) is 2.98. The van der Waals surface area contributed by atoms with Gasteiger partial charge < -0.3 is 16.3 Å². The molecule has 1 aromatic heterocycles. The van der Waals surface area contributed by atoms with E-state index < -0.39 is 0 Å². The molecule has 4 N–H and O–H groups in total. The summed E-state index contributed by atoms with van der Waals surface area (Å²) in [5, 5.41) is 17.4. The van der Waals surface area contributed by atoms with E-state index in [1.807, 2.05) is 30.3 Å². The highest BCUT2D eigenvalue weighted by Crippen LogP contribution is 2.19. The third kappa shape index (κ3) is 3.33. The van der Waals surface area contributed by atoms with Gasteiger partial charge in [0.15, 0.2) is 5.84 Å². The molecule has 0 radical (unpaired) electrons. The number of rotatable bonds is 5. The Kier molecular flexibility index (Phi) is 4.54. The number of oxime groups is 1. The summed E-state index contributed by atoms with van der Waals surface area (Å²) >= 11 is 1.73. The number of thiophene rings is 1. The molecule has 0 saturated heterocycles. The van der Waals surface area contributed by atoms with Crippen LogP contribution < -0.4 is 11.1 Å². The molecule has 0 bridgehead atoms. The van der Waals surface area contributed by atoms with Crippen LogP contribution in [-0.4, -0.2) is 11.0 Å². The van der Waals surface area contributed by atoms with Crippen molar-refractivity contribution in [3.63, 3.8) is 0 Å². The Labute approximate surface area is 116 Å². The van der Waals surface area contributed by atoms with E-state index in [0.717, 1.165) is 11.1 Å². The number of hydrogen-bond acceptors (Lipinski definition) is 4. The third-order valence-corrected chi connectivity index (χ3v) is 4.02. The van der Waals surface area contributed by atoms with E-state index >= 15 is 0 Å². The molecule has 5 heteroatoms. The van der Waals surface area contributed by atoms with Crippen molar-refractivity contribution in [3.8, 4) is 0 Å². The fourth-order valence-corrected chi connectivity index (χ4v) is 2.64. The summed E-state index contributed by atoms with van der Waals surface area (Å²) in [6.45, 7) is 2.80. The number of benzene rings is 1. The fourth-order valence-electron chi connectivity index (χ4n) is 1.88. The van der Waals surface area contributed by atoms with Crippen LogP contribution in [0.15, 0.2) is 46.9 Å². The van der Waals surface area contributed by atoms with Gasteiger partial charge in [-0.25, -0.2) is 0 Å². The maximum absolute atomic E-state index is 8.78. The summed E-state index contributed by atoms with van der Waals surface area (Å²) < 4.78 is 0. The fraction of sp³-hybridized carbons (Fsp3) is 0.214. The van der Waals surface area contributed by atoms with Crippen molar-refractivity contribution >= 4 is 17.2 Å². The largest absolute Gasteiger partial charge is 0.409 e. The van der Waals surface area contributed by atoms with Gasteiger partial charge in [-0.05, 0) is 23.9 Å². The first-order valence-corrected chi connectivity index (χ1v) is 6.93. The molecule has 1 atom stereocenters. The van der Waals surface area contributed by atoms with Crippen molar-refractivity contribution in [1.82, 2.24) is 5.32 Å². The maximum Gasteiger partial charge on any atom is 0.170 e. The third-order valence-electron chi connectivity index (χ3n) is 2.97. The first-order chi connectivity index (χ1) is 9.22. The van der Waals surface area contributed by atoms with E-state index in [-0.39, 0.29) is 11.9 Å². The summed E-state index contributed by atoms with van der Waals surface area (Å²) in [6, 6.07) is 12.1. The molecule has 2 rings (SSSR count). The highest BCUT2D eigenvalue weighted by molar-refractivity contribution is 7.10. The molecule has 0 aliphatic carbocycles. The Hall–Kier alpha value is -1.85. The summed E-state index contributed by atoms with van der Waals surface area (Å²) in [6.07, 6.45) is 0. The maximum atomic E-state index is 8.78. The van der Waals surface area contributed by atoms with Gasteiger partial charge in [0.25, 0.3) is 0 Å². The van der Waals surface area contributed by atoms with Gasteiger partial charge in [0.05, 0.1) is 0 Å². The van der Waals surface area contributed by atoms with E-state index in [1.165, 1.54) is 4.88 Å². The second-order valence-electron chi connectivity index (χ2n) is 4.26. The van der Waals surface area contributed by atoms with Gasteiger partial charge in [0.1, 0.15) is 0 Å². The molecular formula is C14H17N3OS. The molecule has 0 spiro atoms. The highest BCUT2D eigenvalue weighted by Gasteiger charge is 2.09. The van der Waals surface area contributed by atoms with Crippen LogP contribution in [0.2, 0.25) is 0 Å². The van der Waals surface area contributed by atoms with Crippen LogP contribution in [0.5, 0.6) is 0 Å². The van der Waals surface area contributed by atoms with E-state index in [4.69, 9.17) is 10.9 Å². The van der Waals surface area contributed by atoms with Crippen molar-refractivity contribution < 1.29 is 5.21 Å². The topological polar surface area (TPSA) is 70.6 Å². The Morgan fingerprint density at radius 2 is 2.16 bits per heavy atom. The van der Waals surface area contributed by atoms with Gasteiger partial charge in [-0.3, -0.25) is 0 Å². The predicted molar refractivity (Wildman–Crippen MR) is 78.5 cm³/mol. The minimum absolute atomic E-state index is 0.140. The van der Waals surface area contributed by atoms with Crippen molar-refractivity contribution in [2.24, 2.45) is 10.9 Å². The van der Waals surface area contributed by atoms with E-state index in [2.05, 4.69) is 28.8 Å². The molecule has 4 nitrogen and oxygen atoms in total. The van der Waals surface area contributed by atoms with Crippen molar-refractivity contribution in [2.45, 2.75) is 19.5 Å². The smallest absolute Gasteiger partial charge is 0.170 e. The van der Waals surface area contributed by atoms with E-state index in [9.17, 15) is 0 Å². The first-order valence-electron chi connectivity index (χ1n) is 6.05. The molecule has 0 amide bonds. The lowest BCUT2D eigenvalue weighted by molar-refractivity contribution is 0.318. The molecule has 1 heterocycles. The molecule has 2 aromatic rings. The Morgan fingerprint density at radius 1 is 1.37 bits per heavy atom. The normalized spacial score (nSPS) is 13.4. The zero-order valence-electron chi connectivity index (χ0n) is 10.7. The summed E-state index contributed by atoms with van der Waals surface area (Å²) in [7, 11) is 0. The Bertz CT molecular complexity index is 552. The van der Waals surface area contributed by atoms with Gasteiger partial charge >= 0.3 is 0 Å². The molecule has 1 unspecified atom stereocenters. The van der Waals surface area contributed by atoms with Crippen LogP contribution in [0.3, 0.4) is 0 Å². The molecule has 19 heavy (non-hydrogen) atoms. The molecule has 0 aliphatic rings. The summed E-state index contributed by atoms with van der Waals surface area (Å²) in [5.74, 6) is 0.140. The van der Waals surface area contributed by atoms with Crippen molar-refractivity contribution in [1.29, 1.82) is 0 Å². The second kappa shape index (κ2) is 6.36. The Morgan fingerprint density at radius 3 is 2.84 bits per heavy atom. The highest BCUT2D eigenvalue weighted by atomic mass is 32.1. The van der Waals surface area contributed by atoms with E-state index in [1.54, 1.807) is 11.3 Å². The summed E-state index contributed by atoms with van der Waals surface area (Å²) in [4.78, 5) is 1.29. The van der Waals surface area contributed by atoms with Gasteiger partial charge in [-0.2, -0.15) is 0 Å². The van der Waals surface area contributed by atoms with Gasteiger partial charge in [0, 0.05) is 23.0 Å². The Balaban J connectivity index is 2.08. The number of nitrogens with two attached hydrogens (primary N) is 1. The van der Waals surface area contributed by atoms with Crippen LogP contribution in [0.1, 0.15) is 29.0 Å². The van der Waals surface area contributed by atoms with Gasteiger partial charge in [0.2, 0.25) is 0 Å². The monoisotopic (exact) mass is 275 g/mol. The van der Waals surface area contributed by atoms with Crippen LogP contribution in [0.4, 0.5) is 0 Å². The number of nitrogens with zero attached hydrogens (tertiary/aromatic N) is 1. The van der Waals surface area contributed by atoms with Crippen LogP contribution >= 0.6 is 11.3 Å². The molecule has 0 saturated carbocycles. The zero-order valence-corrected chi connectivity index (χ0v) is 11.5. The lowest BCUT2D eigenvalue weighted by Gasteiger charge is -2.14. The lowest BCUT2D eigenvalue weighted by atomic mass is 10.1. The molecule has 0 fully saturated rings. The molecule has 100 valence electrons. The van der Waals surface area contributed by atoms with Crippen molar-refractivity contribution in [3.05, 3.63) is 57.8 Å². The minimum atomic E-state index is 0.140. The van der Waals surface area contributed by atoms with Crippen LogP contribution in [0.25, 0.3) is 0 Å². The first kappa shape index (κ1) is 13.6. The predicted octanol–water partition coefficient (Wildman–Crippen LogP) is 2.69. The number of amidine groups is 1.